The normalized spacial score (nSPS) is 11.9. The Kier molecular flexibility index (Phi) is 5.50. The van der Waals surface area contributed by atoms with Gasteiger partial charge >= 0.3 is 6.09 Å². The molecule has 2 N–H and O–H groups in total. The Morgan fingerprint density at radius 2 is 1.73 bits per heavy atom. The van der Waals surface area contributed by atoms with Crippen LogP contribution in [0.4, 0.5) is 4.79 Å². The van der Waals surface area contributed by atoms with E-state index in [1.807, 2.05) is 30.3 Å². The Bertz CT molecular complexity index is 1190. The molecule has 1 amide bonds. The lowest BCUT2D eigenvalue weighted by molar-refractivity contribution is 0.127. The van der Waals surface area contributed by atoms with Gasteiger partial charge in [0.05, 0.1) is 17.3 Å². The maximum Gasteiger partial charge on any atom is 0.408 e. The number of aromatic hydroxyl groups is 1. The van der Waals surface area contributed by atoms with E-state index in [1.165, 1.54) is 4.90 Å². The molecule has 0 saturated heterocycles. The summed E-state index contributed by atoms with van der Waals surface area (Å²) < 4.78 is 0. The number of benzene rings is 2. The van der Waals surface area contributed by atoms with E-state index in [1.54, 1.807) is 48.8 Å². The van der Waals surface area contributed by atoms with Crippen LogP contribution in [-0.4, -0.2) is 31.2 Å². The van der Waals surface area contributed by atoms with Crippen LogP contribution in [0.2, 0.25) is 5.02 Å². The zero-order valence-electron chi connectivity index (χ0n) is 15.8. The number of phenols is 1. The Morgan fingerprint density at radius 1 is 1.00 bits per heavy atom. The van der Waals surface area contributed by atoms with Crippen LogP contribution in [0.15, 0.2) is 79.1 Å². The Labute approximate surface area is 178 Å². The van der Waals surface area contributed by atoms with Crippen molar-refractivity contribution in [2.45, 2.75) is 12.6 Å². The number of rotatable bonds is 5. The lowest BCUT2D eigenvalue weighted by Crippen LogP contribution is -2.34. The predicted molar refractivity (Wildman–Crippen MR) is 115 cm³/mol. The fraction of sp³-hybridized carbons (Fsp3) is 0.0870. The lowest BCUT2D eigenvalue weighted by Gasteiger charge is -2.30. The Hall–Kier alpha value is -3.64. The number of amides is 1. The number of pyridine rings is 2. The first-order valence-electron chi connectivity index (χ1n) is 9.26. The molecule has 0 fully saturated rings. The third-order valence-electron chi connectivity index (χ3n) is 4.86. The standard InChI is InChI=1S/C23H18ClN3O3/c24-18-13-17(22(28)20-16(18)9-6-12-26-20)21(19-10-4-5-11-25-19)27(23(29)30)14-15-7-2-1-3-8-15/h1-13,21,28H,14H2,(H,29,30). The van der Waals surface area contributed by atoms with Crippen molar-refractivity contribution in [3.63, 3.8) is 0 Å². The van der Waals surface area contributed by atoms with Crippen LogP contribution in [0, 0.1) is 0 Å². The molecule has 7 heteroatoms. The fourth-order valence-corrected chi connectivity index (χ4v) is 3.76. The molecule has 0 bridgehead atoms. The van der Waals surface area contributed by atoms with E-state index >= 15 is 0 Å². The summed E-state index contributed by atoms with van der Waals surface area (Å²) in [5.41, 5.74) is 1.91. The predicted octanol–water partition coefficient (Wildman–Crippen LogP) is 5.26. The molecule has 0 spiro atoms. The van der Waals surface area contributed by atoms with Gasteiger partial charge in [0.15, 0.2) is 0 Å². The van der Waals surface area contributed by atoms with Crippen LogP contribution < -0.4 is 0 Å². The molecule has 1 atom stereocenters. The van der Waals surface area contributed by atoms with Crippen molar-refractivity contribution in [2.24, 2.45) is 0 Å². The third-order valence-corrected chi connectivity index (χ3v) is 5.17. The molecular formula is C23H18ClN3O3. The van der Waals surface area contributed by atoms with Crippen LogP contribution in [0.3, 0.4) is 0 Å². The molecule has 2 aromatic heterocycles. The minimum Gasteiger partial charge on any atom is -0.505 e. The number of hydrogen-bond donors (Lipinski definition) is 2. The van der Waals surface area contributed by atoms with Gasteiger partial charge < -0.3 is 10.2 Å². The largest absolute Gasteiger partial charge is 0.505 e. The minimum absolute atomic E-state index is 0.106. The summed E-state index contributed by atoms with van der Waals surface area (Å²) in [5.74, 6) is -0.120. The number of hydrogen-bond acceptors (Lipinski definition) is 4. The van der Waals surface area contributed by atoms with Crippen molar-refractivity contribution in [2.75, 3.05) is 0 Å². The van der Waals surface area contributed by atoms with Gasteiger partial charge in [-0.1, -0.05) is 48.0 Å². The zero-order chi connectivity index (χ0) is 21.1. The maximum absolute atomic E-state index is 12.3. The highest BCUT2D eigenvalue weighted by Gasteiger charge is 2.31. The second-order valence-electron chi connectivity index (χ2n) is 6.75. The average Bonchev–Trinajstić information content (AvgIpc) is 2.78. The number of nitrogens with zero attached hydrogens (tertiary/aromatic N) is 3. The summed E-state index contributed by atoms with van der Waals surface area (Å²) in [6.45, 7) is 0.106. The second-order valence-corrected chi connectivity index (χ2v) is 7.16. The van der Waals surface area contributed by atoms with Crippen molar-refractivity contribution in [3.05, 3.63) is 101 Å². The zero-order valence-corrected chi connectivity index (χ0v) is 16.6. The number of carbonyl (C=O) groups is 1. The van der Waals surface area contributed by atoms with Crippen molar-refractivity contribution in [3.8, 4) is 5.75 Å². The summed E-state index contributed by atoms with van der Waals surface area (Å²) in [5, 5.41) is 22.1. The first-order chi connectivity index (χ1) is 14.6. The summed E-state index contributed by atoms with van der Waals surface area (Å²) in [4.78, 5) is 22.2. The summed E-state index contributed by atoms with van der Waals surface area (Å²) in [6, 6.07) is 18.7. The smallest absolute Gasteiger partial charge is 0.408 e. The van der Waals surface area contributed by atoms with E-state index in [0.29, 0.717) is 27.2 Å². The summed E-state index contributed by atoms with van der Waals surface area (Å²) >= 11 is 6.47. The molecule has 150 valence electrons. The van der Waals surface area contributed by atoms with Gasteiger partial charge in [-0.05, 0) is 35.9 Å². The number of fused-ring (bicyclic) bond motifs is 1. The maximum atomic E-state index is 12.3. The van der Waals surface area contributed by atoms with Gasteiger partial charge in [-0.15, -0.1) is 0 Å². The SMILES string of the molecule is O=C(O)N(Cc1ccccc1)C(c1ccccn1)c1cc(Cl)c2cccnc2c1O. The summed E-state index contributed by atoms with van der Waals surface area (Å²) in [6.07, 6.45) is 1.99. The van der Waals surface area contributed by atoms with Crippen molar-refractivity contribution in [1.82, 2.24) is 14.9 Å². The van der Waals surface area contributed by atoms with E-state index in [2.05, 4.69) is 9.97 Å². The molecule has 2 aromatic carbocycles. The van der Waals surface area contributed by atoms with E-state index < -0.39 is 12.1 Å². The molecule has 6 nitrogen and oxygen atoms in total. The molecular weight excluding hydrogens is 402 g/mol. The van der Waals surface area contributed by atoms with Crippen LogP contribution in [0.5, 0.6) is 5.75 Å². The molecule has 4 aromatic rings. The molecule has 30 heavy (non-hydrogen) atoms. The van der Waals surface area contributed by atoms with Gasteiger partial charge in [0.1, 0.15) is 17.3 Å². The van der Waals surface area contributed by atoms with Crippen molar-refractivity contribution in [1.29, 1.82) is 0 Å². The highest BCUT2D eigenvalue weighted by molar-refractivity contribution is 6.35. The van der Waals surface area contributed by atoms with E-state index in [0.717, 1.165) is 5.56 Å². The van der Waals surface area contributed by atoms with E-state index in [-0.39, 0.29) is 12.3 Å². The number of carboxylic acid groups (broad SMARTS) is 1. The molecule has 0 aliphatic carbocycles. The molecule has 0 saturated carbocycles. The molecule has 2 heterocycles. The molecule has 0 aliphatic rings. The van der Waals surface area contributed by atoms with E-state index in [4.69, 9.17) is 11.6 Å². The van der Waals surface area contributed by atoms with Gasteiger partial charge in [0.25, 0.3) is 0 Å². The van der Waals surface area contributed by atoms with Crippen LogP contribution >= 0.6 is 11.6 Å². The molecule has 0 aliphatic heterocycles. The first kappa shape index (κ1) is 19.7. The van der Waals surface area contributed by atoms with Gasteiger partial charge in [0.2, 0.25) is 0 Å². The van der Waals surface area contributed by atoms with E-state index in [9.17, 15) is 15.0 Å². The first-order valence-corrected chi connectivity index (χ1v) is 9.64. The summed E-state index contributed by atoms with van der Waals surface area (Å²) in [7, 11) is 0. The van der Waals surface area contributed by atoms with Gasteiger partial charge in [-0.3, -0.25) is 14.9 Å². The van der Waals surface area contributed by atoms with Crippen LogP contribution in [0.25, 0.3) is 10.9 Å². The average molecular weight is 420 g/mol. The second kappa shape index (κ2) is 8.39. The highest BCUT2D eigenvalue weighted by Crippen LogP contribution is 2.40. The number of aromatic nitrogens is 2. The van der Waals surface area contributed by atoms with Gasteiger partial charge in [-0.25, -0.2) is 4.79 Å². The van der Waals surface area contributed by atoms with Gasteiger partial charge in [0, 0.05) is 23.3 Å². The van der Waals surface area contributed by atoms with Crippen molar-refractivity contribution < 1.29 is 15.0 Å². The van der Waals surface area contributed by atoms with Crippen LogP contribution in [0.1, 0.15) is 22.9 Å². The molecule has 4 rings (SSSR count). The van der Waals surface area contributed by atoms with Gasteiger partial charge in [-0.2, -0.15) is 0 Å². The Morgan fingerprint density at radius 3 is 2.43 bits per heavy atom. The number of halogens is 1. The fourth-order valence-electron chi connectivity index (χ4n) is 3.49. The topological polar surface area (TPSA) is 86.5 Å². The highest BCUT2D eigenvalue weighted by atomic mass is 35.5. The monoisotopic (exact) mass is 419 g/mol. The number of phenolic OH excluding ortho intramolecular Hbond substituents is 1. The minimum atomic E-state index is -1.15. The van der Waals surface area contributed by atoms with Crippen molar-refractivity contribution >= 4 is 28.6 Å². The molecule has 1 unspecified atom stereocenters. The Balaban J connectivity index is 1.92. The quantitative estimate of drug-likeness (QED) is 0.461. The lowest BCUT2D eigenvalue weighted by atomic mass is 9.97. The molecule has 0 radical (unpaired) electrons. The van der Waals surface area contributed by atoms with Crippen LogP contribution in [-0.2, 0) is 6.54 Å². The third kappa shape index (κ3) is 3.77.